The Morgan fingerprint density at radius 1 is 1.29 bits per heavy atom. The summed E-state index contributed by atoms with van der Waals surface area (Å²) in [6.07, 6.45) is 2.50. The zero-order valence-corrected chi connectivity index (χ0v) is 11.0. The van der Waals surface area contributed by atoms with E-state index in [-0.39, 0.29) is 6.61 Å². The van der Waals surface area contributed by atoms with Gasteiger partial charge in [-0.15, -0.1) is 0 Å². The molecule has 2 fully saturated rings. The summed E-state index contributed by atoms with van der Waals surface area (Å²) >= 11 is 1.68. The van der Waals surface area contributed by atoms with Crippen molar-refractivity contribution in [2.24, 2.45) is 0 Å². The predicted molar refractivity (Wildman–Crippen MR) is 69.7 cm³/mol. The molecule has 1 saturated heterocycles. The van der Waals surface area contributed by atoms with Crippen molar-refractivity contribution >= 4 is 16.5 Å². The molecule has 0 amide bonds. The highest BCUT2D eigenvalue weighted by Gasteiger charge is 2.30. The molecule has 1 aliphatic carbocycles. The summed E-state index contributed by atoms with van der Waals surface area (Å²) in [5.74, 6) is 0.634. The minimum atomic E-state index is 0.150. The Balaban J connectivity index is 1.78. The van der Waals surface area contributed by atoms with Crippen LogP contribution in [0.15, 0.2) is 0 Å². The molecule has 0 spiro atoms. The van der Waals surface area contributed by atoms with Crippen molar-refractivity contribution < 1.29 is 5.11 Å². The molecule has 1 N–H and O–H groups in total. The Morgan fingerprint density at radius 3 is 2.59 bits per heavy atom. The van der Waals surface area contributed by atoms with Crippen LogP contribution in [-0.4, -0.2) is 48.2 Å². The number of aromatic nitrogens is 1. The van der Waals surface area contributed by atoms with Gasteiger partial charge in [-0.25, -0.2) is 4.98 Å². The molecule has 0 radical (unpaired) electrons. The fraction of sp³-hybridized carbons (Fsp3) is 0.750. The van der Waals surface area contributed by atoms with E-state index < -0.39 is 0 Å². The van der Waals surface area contributed by atoms with Crippen LogP contribution >= 0.6 is 11.3 Å². The van der Waals surface area contributed by atoms with E-state index in [9.17, 15) is 5.11 Å². The quantitative estimate of drug-likeness (QED) is 0.880. The van der Waals surface area contributed by atoms with Gasteiger partial charge in [0.25, 0.3) is 0 Å². The SMILES string of the molecule is CN1CCN(c2nc(C3CC3)c(CO)s2)CC1. The van der Waals surface area contributed by atoms with Crippen LogP contribution in [0.25, 0.3) is 0 Å². The van der Waals surface area contributed by atoms with Gasteiger partial charge in [0.15, 0.2) is 5.13 Å². The lowest BCUT2D eigenvalue weighted by atomic mass is 10.2. The maximum atomic E-state index is 9.39. The van der Waals surface area contributed by atoms with Crippen LogP contribution in [-0.2, 0) is 6.61 Å². The molecule has 4 nitrogen and oxygen atoms in total. The Morgan fingerprint density at radius 2 is 2.00 bits per heavy atom. The second-order valence-corrected chi connectivity index (χ2v) is 6.09. The third-order valence-corrected chi connectivity index (χ3v) is 4.71. The van der Waals surface area contributed by atoms with Crippen LogP contribution in [0.5, 0.6) is 0 Å². The van der Waals surface area contributed by atoms with Crippen molar-refractivity contribution in [2.45, 2.75) is 25.4 Å². The summed E-state index contributed by atoms with van der Waals surface area (Å²) in [6, 6.07) is 0. The number of aliphatic hydroxyl groups excluding tert-OH is 1. The third kappa shape index (κ3) is 2.32. The minimum absolute atomic E-state index is 0.150. The first kappa shape index (κ1) is 11.4. The smallest absolute Gasteiger partial charge is 0.185 e. The molecular formula is C12H19N3OS. The number of hydrogen-bond acceptors (Lipinski definition) is 5. The zero-order chi connectivity index (χ0) is 11.8. The highest BCUT2D eigenvalue weighted by Crippen LogP contribution is 2.44. The molecule has 2 heterocycles. The summed E-state index contributed by atoms with van der Waals surface area (Å²) in [7, 11) is 2.16. The highest BCUT2D eigenvalue weighted by molar-refractivity contribution is 7.15. The van der Waals surface area contributed by atoms with Gasteiger partial charge in [-0.1, -0.05) is 11.3 Å². The Hall–Kier alpha value is -0.650. The molecule has 1 saturated carbocycles. The number of rotatable bonds is 3. The summed E-state index contributed by atoms with van der Waals surface area (Å²) in [6.45, 7) is 4.47. The van der Waals surface area contributed by atoms with Crippen molar-refractivity contribution in [3.05, 3.63) is 10.6 Å². The lowest BCUT2D eigenvalue weighted by molar-refractivity contribution is 0.284. The summed E-state index contributed by atoms with van der Waals surface area (Å²) in [5.41, 5.74) is 1.17. The van der Waals surface area contributed by atoms with Crippen molar-refractivity contribution in [2.75, 3.05) is 38.1 Å². The molecule has 1 aromatic rings. The molecule has 94 valence electrons. The van der Waals surface area contributed by atoms with E-state index in [2.05, 4.69) is 16.8 Å². The maximum absolute atomic E-state index is 9.39. The fourth-order valence-electron chi connectivity index (χ4n) is 2.27. The van der Waals surface area contributed by atoms with Gasteiger partial charge in [0.1, 0.15) is 0 Å². The van der Waals surface area contributed by atoms with Crippen LogP contribution < -0.4 is 4.90 Å². The summed E-state index contributed by atoms with van der Waals surface area (Å²) < 4.78 is 0. The first-order chi connectivity index (χ1) is 8.28. The zero-order valence-electron chi connectivity index (χ0n) is 10.2. The maximum Gasteiger partial charge on any atom is 0.185 e. The molecule has 2 aliphatic rings. The first-order valence-corrected chi connectivity index (χ1v) is 7.13. The van der Waals surface area contributed by atoms with Gasteiger partial charge >= 0.3 is 0 Å². The number of nitrogens with zero attached hydrogens (tertiary/aromatic N) is 3. The Kier molecular flexibility index (Phi) is 3.06. The molecule has 0 aromatic carbocycles. The van der Waals surface area contributed by atoms with Gasteiger partial charge in [0.05, 0.1) is 17.2 Å². The van der Waals surface area contributed by atoms with E-state index in [0.29, 0.717) is 5.92 Å². The number of hydrogen-bond donors (Lipinski definition) is 1. The molecular weight excluding hydrogens is 234 g/mol. The van der Waals surface area contributed by atoms with Crippen molar-refractivity contribution in [3.8, 4) is 0 Å². The average Bonchev–Trinajstić information content (AvgIpc) is 3.10. The second-order valence-electron chi connectivity index (χ2n) is 5.03. The van der Waals surface area contributed by atoms with Crippen LogP contribution in [0.3, 0.4) is 0 Å². The monoisotopic (exact) mass is 253 g/mol. The molecule has 1 aliphatic heterocycles. The molecule has 0 unspecified atom stereocenters. The summed E-state index contributed by atoms with van der Waals surface area (Å²) in [5, 5.41) is 10.5. The molecule has 17 heavy (non-hydrogen) atoms. The second kappa shape index (κ2) is 4.55. The van der Waals surface area contributed by atoms with Crippen molar-refractivity contribution in [3.63, 3.8) is 0 Å². The van der Waals surface area contributed by atoms with Crippen molar-refractivity contribution in [1.29, 1.82) is 0 Å². The van der Waals surface area contributed by atoms with Gasteiger partial charge in [-0.2, -0.15) is 0 Å². The Bertz CT molecular complexity index is 394. The predicted octanol–water partition coefficient (Wildman–Crippen LogP) is 1.26. The lowest BCUT2D eigenvalue weighted by Gasteiger charge is -2.32. The molecule has 0 bridgehead atoms. The molecule has 3 rings (SSSR count). The van der Waals surface area contributed by atoms with Crippen LogP contribution in [0.4, 0.5) is 5.13 Å². The fourth-order valence-corrected chi connectivity index (χ4v) is 3.33. The van der Waals surface area contributed by atoms with Crippen LogP contribution in [0, 0.1) is 0 Å². The van der Waals surface area contributed by atoms with E-state index >= 15 is 0 Å². The van der Waals surface area contributed by atoms with E-state index in [1.807, 2.05) is 0 Å². The van der Waals surface area contributed by atoms with E-state index in [4.69, 9.17) is 4.98 Å². The number of thiazole rings is 1. The summed E-state index contributed by atoms with van der Waals surface area (Å²) in [4.78, 5) is 10.5. The number of anilines is 1. The minimum Gasteiger partial charge on any atom is -0.391 e. The molecule has 5 heteroatoms. The molecule has 0 atom stereocenters. The van der Waals surface area contributed by atoms with Gasteiger partial charge in [-0.05, 0) is 19.9 Å². The molecule has 1 aromatic heterocycles. The van der Waals surface area contributed by atoms with E-state index in [0.717, 1.165) is 36.2 Å². The van der Waals surface area contributed by atoms with Crippen molar-refractivity contribution in [1.82, 2.24) is 9.88 Å². The van der Waals surface area contributed by atoms with Crippen LogP contribution in [0.1, 0.15) is 29.3 Å². The Labute approximate surface area is 106 Å². The standard InChI is InChI=1S/C12H19N3OS/c1-14-4-6-15(7-5-14)12-13-11(9-2-3-9)10(8-16)17-12/h9,16H,2-8H2,1H3. The highest BCUT2D eigenvalue weighted by atomic mass is 32.1. The number of likely N-dealkylation sites (N-methyl/N-ethyl adjacent to an activating group) is 1. The lowest BCUT2D eigenvalue weighted by Crippen LogP contribution is -2.44. The third-order valence-electron chi connectivity index (χ3n) is 3.60. The van der Waals surface area contributed by atoms with Gasteiger partial charge < -0.3 is 14.9 Å². The van der Waals surface area contributed by atoms with Crippen LogP contribution in [0.2, 0.25) is 0 Å². The normalized spacial score (nSPS) is 22.1. The number of piperazine rings is 1. The largest absolute Gasteiger partial charge is 0.391 e. The first-order valence-electron chi connectivity index (χ1n) is 6.32. The number of aliphatic hydroxyl groups is 1. The van der Waals surface area contributed by atoms with Gasteiger partial charge in [0.2, 0.25) is 0 Å². The van der Waals surface area contributed by atoms with Gasteiger partial charge in [-0.3, -0.25) is 0 Å². The van der Waals surface area contributed by atoms with E-state index in [1.54, 1.807) is 11.3 Å². The topological polar surface area (TPSA) is 39.6 Å². The average molecular weight is 253 g/mol. The van der Waals surface area contributed by atoms with E-state index in [1.165, 1.54) is 18.5 Å². The van der Waals surface area contributed by atoms with Gasteiger partial charge in [0, 0.05) is 32.1 Å².